The Morgan fingerprint density at radius 2 is 1.86 bits per heavy atom. The molecule has 0 bridgehead atoms. The van der Waals surface area contributed by atoms with Crippen LogP contribution in [0.5, 0.6) is 11.5 Å². The Labute approximate surface area is 118 Å². The van der Waals surface area contributed by atoms with Crippen molar-refractivity contribution in [3.63, 3.8) is 0 Å². The highest BCUT2D eigenvalue weighted by Gasteiger charge is 2.26. The molecule has 0 radical (unpaired) electrons. The molecule has 1 aromatic carbocycles. The average molecular weight is 300 g/mol. The molecule has 112 valence electrons. The van der Waals surface area contributed by atoms with E-state index in [4.69, 9.17) is 9.47 Å². The molecule has 0 atom stereocenters. The van der Waals surface area contributed by atoms with Crippen molar-refractivity contribution in [3.05, 3.63) is 48.0 Å². The molecule has 0 saturated heterocycles. The van der Waals surface area contributed by atoms with E-state index in [0.29, 0.717) is 5.75 Å². The average Bonchev–Trinajstić information content (AvgIpc) is 2.45. The zero-order valence-corrected chi connectivity index (χ0v) is 11.0. The van der Waals surface area contributed by atoms with E-state index in [9.17, 15) is 17.3 Å². The number of pyridine rings is 1. The number of halogens is 4. The van der Waals surface area contributed by atoms with Gasteiger partial charge in [0.25, 0.3) is 0 Å². The molecule has 0 saturated carbocycles. The first-order chi connectivity index (χ1) is 9.90. The fourth-order valence-corrected chi connectivity index (χ4v) is 1.63. The van der Waals surface area contributed by atoms with E-state index in [1.54, 1.807) is 0 Å². The number of ether oxygens (including phenoxy) is 2. The summed E-state index contributed by atoms with van der Waals surface area (Å²) in [5.74, 6) is -0.278. The molecular weight excluding hydrogens is 289 g/mol. The minimum atomic E-state index is -5.14. The van der Waals surface area contributed by atoms with E-state index in [-0.39, 0.29) is 17.9 Å². The Kier molecular flexibility index (Phi) is 4.35. The lowest BCUT2D eigenvalue weighted by Gasteiger charge is -2.15. The van der Waals surface area contributed by atoms with Gasteiger partial charge >= 0.3 is 6.98 Å². The Morgan fingerprint density at radius 3 is 2.48 bits per heavy atom. The van der Waals surface area contributed by atoms with Crippen molar-refractivity contribution < 1.29 is 26.8 Å². The first kappa shape index (κ1) is 15.1. The zero-order valence-electron chi connectivity index (χ0n) is 11.0. The Hall–Kier alpha value is -2.25. The predicted molar refractivity (Wildman–Crippen MR) is 70.2 cm³/mol. The van der Waals surface area contributed by atoms with Gasteiger partial charge in [0, 0.05) is 17.8 Å². The highest BCUT2D eigenvalue weighted by molar-refractivity contribution is 6.73. The Morgan fingerprint density at radius 1 is 1.10 bits per heavy atom. The number of hydrogen-bond donors (Lipinski definition) is 0. The normalized spacial score (nSPS) is 11.3. The molecule has 8 heteroatoms. The lowest BCUT2D eigenvalue weighted by atomic mass is 9.81. The smallest absolute Gasteiger partial charge is 0.497 e. The largest absolute Gasteiger partial charge is 0.511 e. The molecule has 1 heterocycles. The van der Waals surface area contributed by atoms with Gasteiger partial charge in [-0.3, -0.25) is 4.98 Å². The highest BCUT2D eigenvalue weighted by Crippen LogP contribution is 2.19. The van der Waals surface area contributed by atoms with Gasteiger partial charge in [0.2, 0.25) is 0 Å². The van der Waals surface area contributed by atoms with Crippen molar-refractivity contribution in [1.29, 1.82) is 0 Å². The van der Waals surface area contributed by atoms with Crippen LogP contribution in [0.4, 0.5) is 17.3 Å². The van der Waals surface area contributed by atoms with Gasteiger partial charge in [0.1, 0.15) is 23.9 Å². The van der Waals surface area contributed by atoms with Crippen LogP contribution in [0.2, 0.25) is 0 Å². The molecule has 2 rings (SSSR count). The van der Waals surface area contributed by atoms with Crippen LogP contribution in [-0.4, -0.2) is 19.1 Å². The summed E-state index contributed by atoms with van der Waals surface area (Å²) in [4.78, 5) is 3.47. The maximum Gasteiger partial charge on any atom is 0.511 e. The third-order valence-corrected chi connectivity index (χ3v) is 2.77. The summed E-state index contributed by atoms with van der Waals surface area (Å²) < 4.78 is 61.4. The van der Waals surface area contributed by atoms with Crippen molar-refractivity contribution in [2.24, 2.45) is 0 Å². The third kappa shape index (κ3) is 3.87. The minimum Gasteiger partial charge on any atom is -0.497 e. The molecule has 0 fully saturated rings. The van der Waals surface area contributed by atoms with Crippen molar-refractivity contribution >= 4 is 12.4 Å². The van der Waals surface area contributed by atoms with Gasteiger partial charge < -0.3 is 22.4 Å². The van der Waals surface area contributed by atoms with E-state index < -0.39 is 18.3 Å². The molecule has 0 aliphatic heterocycles. The van der Waals surface area contributed by atoms with Crippen LogP contribution in [0.1, 0.15) is 5.56 Å². The summed E-state index contributed by atoms with van der Waals surface area (Å²) in [6.45, 7) is -5.35. The quantitative estimate of drug-likeness (QED) is 0.628. The first-order valence-corrected chi connectivity index (χ1v) is 6.00. The van der Waals surface area contributed by atoms with Gasteiger partial charge in [-0.05, 0) is 18.2 Å². The molecule has 0 unspecified atom stereocenters. The zero-order chi connectivity index (χ0) is 15.5. The maximum absolute atomic E-state index is 13.7. The molecule has 0 aliphatic carbocycles. The van der Waals surface area contributed by atoms with Crippen LogP contribution in [0.3, 0.4) is 0 Å². The van der Waals surface area contributed by atoms with E-state index in [2.05, 4.69) is 4.98 Å². The second-order valence-corrected chi connectivity index (χ2v) is 4.27. The van der Waals surface area contributed by atoms with E-state index in [0.717, 1.165) is 18.5 Å². The fraction of sp³-hybridized carbons (Fsp3) is 0.154. The van der Waals surface area contributed by atoms with Crippen LogP contribution < -0.4 is 14.9 Å². The molecule has 0 amide bonds. The number of methoxy groups -OCH3 is 1. The Bertz CT molecular complexity index is 634. The van der Waals surface area contributed by atoms with E-state index in [1.807, 2.05) is 0 Å². The molecule has 2 aromatic rings. The first-order valence-electron chi connectivity index (χ1n) is 6.00. The number of hydrogen-bond acceptors (Lipinski definition) is 3. The second-order valence-electron chi connectivity index (χ2n) is 4.27. The molecule has 0 N–H and O–H groups in total. The molecule has 21 heavy (non-hydrogen) atoms. The molecular formula is C13H11BF4NO2-. The van der Waals surface area contributed by atoms with Crippen molar-refractivity contribution in [3.8, 4) is 11.5 Å². The molecule has 0 spiro atoms. The minimum absolute atomic E-state index is 0.0677. The SMILES string of the molecule is COc1ccc(COc2cncc([B-](F)(F)F)c2)c(F)c1. The summed E-state index contributed by atoms with van der Waals surface area (Å²) >= 11 is 0. The lowest BCUT2D eigenvalue weighted by molar-refractivity contribution is 0.298. The van der Waals surface area contributed by atoms with Crippen LogP contribution in [0.25, 0.3) is 0 Å². The highest BCUT2D eigenvalue weighted by atomic mass is 19.4. The van der Waals surface area contributed by atoms with Gasteiger partial charge in [0.05, 0.1) is 13.3 Å². The van der Waals surface area contributed by atoms with Crippen LogP contribution >= 0.6 is 0 Å². The summed E-state index contributed by atoms with van der Waals surface area (Å²) in [6, 6.07) is 5.00. The summed E-state index contributed by atoms with van der Waals surface area (Å²) in [7, 11) is 1.40. The van der Waals surface area contributed by atoms with Gasteiger partial charge in [-0.2, -0.15) is 0 Å². The number of rotatable bonds is 5. The maximum atomic E-state index is 13.7. The van der Waals surface area contributed by atoms with Crippen LogP contribution in [-0.2, 0) is 6.61 Å². The monoisotopic (exact) mass is 300 g/mol. The molecule has 3 nitrogen and oxygen atoms in total. The number of aromatic nitrogens is 1. The van der Waals surface area contributed by atoms with Crippen molar-refractivity contribution in [2.45, 2.75) is 6.61 Å². The van der Waals surface area contributed by atoms with Gasteiger partial charge in [0.15, 0.2) is 0 Å². The molecule has 1 aromatic heterocycles. The fourth-order valence-electron chi connectivity index (χ4n) is 1.63. The predicted octanol–water partition coefficient (Wildman–Crippen LogP) is 2.86. The van der Waals surface area contributed by atoms with Crippen molar-refractivity contribution in [2.75, 3.05) is 7.11 Å². The summed E-state index contributed by atoms with van der Waals surface area (Å²) in [5.41, 5.74) is -0.651. The van der Waals surface area contributed by atoms with Crippen LogP contribution in [0, 0.1) is 5.82 Å². The van der Waals surface area contributed by atoms with Gasteiger partial charge in [-0.25, -0.2) is 4.39 Å². The number of benzene rings is 1. The summed E-state index contributed by atoms with van der Waals surface area (Å²) in [5, 5.41) is 0. The topological polar surface area (TPSA) is 31.4 Å². The van der Waals surface area contributed by atoms with E-state index >= 15 is 0 Å². The van der Waals surface area contributed by atoms with Crippen LogP contribution in [0.15, 0.2) is 36.7 Å². The van der Waals surface area contributed by atoms with E-state index in [1.165, 1.54) is 25.3 Å². The van der Waals surface area contributed by atoms with Gasteiger partial charge in [-0.15, -0.1) is 0 Å². The number of nitrogens with zero attached hydrogens (tertiary/aromatic N) is 1. The second kappa shape index (κ2) is 6.03. The molecule has 0 aliphatic rings. The standard InChI is InChI=1S/C13H11BF4NO2/c1-20-11-3-2-9(13(15)5-11)8-21-12-4-10(6-19-7-12)14(16,17)18/h2-7H,8H2,1H3/q-1. The van der Waals surface area contributed by atoms with Crippen molar-refractivity contribution in [1.82, 2.24) is 4.98 Å². The van der Waals surface area contributed by atoms with Gasteiger partial charge in [-0.1, -0.05) is 5.46 Å². The lowest BCUT2D eigenvalue weighted by Crippen LogP contribution is -2.34. The third-order valence-electron chi connectivity index (χ3n) is 2.77. The summed E-state index contributed by atoms with van der Waals surface area (Å²) in [6.07, 6.45) is 1.87. The Balaban J connectivity index is 2.10.